The van der Waals surface area contributed by atoms with E-state index in [0.717, 1.165) is 17.7 Å². The fourth-order valence-electron chi connectivity index (χ4n) is 1.01. The second-order valence-corrected chi connectivity index (χ2v) is 2.33. The first-order chi connectivity index (χ1) is 4.75. The van der Waals surface area contributed by atoms with Gasteiger partial charge in [-0.05, 0) is 13.0 Å². The molecule has 2 nitrogen and oxygen atoms in total. The molecule has 2 heteroatoms. The third-order valence-corrected chi connectivity index (χ3v) is 1.55. The highest BCUT2D eigenvalue weighted by molar-refractivity contribution is 5.18. The number of aryl methyl sites for hydroxylation is 1. The summed E-state index contributed by atoms with van der Waals surface area (Å²) in [5.74, 6) is 0.884. The molecular formula is C8H12O2. The summed E-state index contributed by atoms with van der Waals surface area (Å²) in [7, 11) is 0. The summed E-state index contributed by atoms with van der Waals surface area (Å²) in [4.78, 5) is 0. The van der Waals surface area contributed by atoms with Gasteiger partial charge in [0.1, 0.15) is 5.76 Å². The first kappa shape index (κ1) is 7.35. The Labute approximate surface area is 60.5 Å². The Kier molecular flexibility index (Phi) is 2.12. The predicted molar refractivity (Wildman–Crippen MR) is 38.7 cm³/mol. The number of hydrogen-bond donors (Lipinski definition) is 1. The van der Waals surface area contributed by atoms with E-state index in [-0.39, 0.29) is 0 Å². The van der Waals surface area contributed by atoms with Gasteiger partial charge in [0.05, 0.1) is 12.4 Å². The van der Waals surface area contributed by atoms with Crippen molar-refractivity contribution in [3.05, 3.63) is 23.7 Å². The van der Waals surface area contributed by atoms with Crippen molar-refractivity contribution in [3.8, 4) is 0 Å². The van der Waals surface area contributed by atoms with Gasteiger partial charge in [0.2, 0.25) is 0 Å². The minimum Gasteiger partial charge on any atom is -0.469 e. The zero-order valence-corrected chi connectivity index (χ0v) is 6.29. The van der Waals surface area contributed by atoms with Gasteiger partial charge in [0, 0.05) is 12.0 Å². The Morgan fingerprint density at radius 3 is 2.80 bits per heavy atom. The summed E-state index contributed by atoms with van der Waals surface area (Å²) in [6, 6.07) is 1.81. The molecule has 56 valence electrons. The van der Waals surface area contributed by atoms with Gasteiger partial charge in [0.25, 0.3) is 0 Å². The molecule has 1 aromatic heterocycles. The van der Waals surface area contributed by atoms with Gasteiger partial charge in [-0.25, -0.2) is 0 Å². The maximum atomic E-state index is 9.16. The first-order valence-electron chi connectivity index (χ1n) is 3.50. The lowest BCUT2D eigenvalue weighted by molar-refractivity contribution is 0.196. The highest BCUT2D eigenvalue weighted by Crippen LogP contribution is 2.18. The highest BCUT2D eigenvalue weighted by atomic mass is 16.3. The minimum atomic E-state index is -0.409. The van der Waals surface area contributed by atoms with Crippen LogP contribution in [0.3, 0.4) is 0 Å². The Morgan fingerprint density at radius 1 is 1.70 bits per heavy atom. The molecule has 0 aliphatic carbocycles. The summed E-state index contributed by atoms with van der Waals surface area (Å²) in [6.45, 7) is 3.74. The van der Waals surface area contributed by atoms with E-state index in [9.17, 15) is 0 Å². The number of aliphatic hydroxyl groups excluding tert-OH is 1. The average molecular weight is 140 g/mol. The molecule has 1 atom stereocenters. The van der Waals surface area contributed by atoms with E-state index in [1.165, 1.54) is 0 Å². The molecule has 0 aromatic carbocycles. The number of aliphatic hydroxyl groups is 1. The Hall–Kier alpha value is -0.760. The SMILES string of the molecule is CCc1occc1C(C)O. The fraction of sp³-hybridized carbons (Fsp3) is 0.500. The topological polar surface area (TPSA) is 33.4 Å². The molecule has 1 rings (SSSR count). The van der Waals surface area contributed by atoms with Crippen LogP contribution in [0.4, 0.5) is 0 Å². The van der Waals surface area contributed by atoms with Crippen molar-refractivity contribution in [1.29, 1.82) is 0 Å². The summed E-state index contributed by atoms with van der Waals surface area (Å²) < 4.78 is 5.12. The molecule has 0 amide bonds. The summed E-state index contributed by atoms with van der Waals surface area (Å²) in [5, 5.41) is 9.16. The van der Waals surface area contributed by atoms with Crippen LogP contribution in [0.2, 0.25) is 0 Å². The molecular weight excluding hydrogens is 128 g/mol. The molecule has 0 fully saturated rings. The highest BCUT2D eigenvalue weighted by Gasteiger charge is 2.07. The van der Waals surface area contributed by atoms with Gasteiger partial charge in [-0.2, -0.15) is 0 Å². The van der Waals surface area contributed by atoms with Crippen LogP contribution in [-0.4, -0.2) is 5.11 Å². The molecule has 1 unspecified atom stereocenters. The van der Waals surface area contributed by atoms with Crippen LogP contribution in [-0.2, 0) is 6.42 Å². The predicted octanol–water partition coefficient (Wildman–Crippen LogP) is 1.90. The van der Waals surface area contributed by atoms with E-state index in [0.29, 0.717) is 0 Å². The lowest BCUT2D eigenvalue weighted by Gasteiger charge is -2.01. The van der Waals surface area contributed by atoms with Gasteiger partial charge in [-0.3, -0.25) is 0 Å². The van der Waals surface area contributed by atoms with E-state index in [1.54, 1.807) is 13.2 Å². The summed E-state index contributed by atoms with van der Waals surface area (Å²) in [5.41, 5.74) is 0.905. The van der Waals surface area contributed by atoms with Crippen LogP contribution in [0.15, 0.2) is 16.7 Å². The van der Waals surface area contributed by atoms with Crippen molar-refractivity contribution in [1.82, 2.24) is 0 Å². The molecule has 0 saturated carbocycles. The Bertz CT molecular complexity index is 201. The quantitative estimate of drug-likeness (QED) is 0.680. The van der Waals surface area contributed by atoms with E-state index in [1.807, 2.05) is 13.0 Å². The number of rotatable bonds is 2. The van der Waals surface area contributed by atoms with Gasteiger partial charge >= 0.3 is 0 Å². The average Bonchev–Trinajstić information content (AvgIpc) is 2.33. The van der Waals surface area contributed by atoms with E-state index >= 15 is 0 Å². The minimum absolute atomic E-state index is 0.409. The van der Waals surface area contributed by atoms with Gasteiger partial charge in [-0.1, -0.05) is 6.92 Å². The third-order valence-electron chi connectivity index (χ3n) is 1.55. The molecule has 0 radical (unpaired) electrons. The molecule has 0 saturated heterocycles. The molecule has 0 aliphatic rings. The van der Waals surface area contributed by atoms with Crippen LogP contribution in [0.1, 0.15) is 31.3 Å². The van der Waals surface area contributed by atoms with Crippen LogP contribution >= 0.6 is 0 Å². The van der Waals surface area contributed by atoms with E-state index in [2.05, 4.69) is 0 Å². The molecule has 1 N–H and O–H groups in total. The maximum Gasteiger partial charge on any atom is 0.109 e. The van der Waals surface area contributed by atoms with Crippen LogP contribution < -0.4 is 0 Å². The van der Waals surface area contributed by atoms with Gasteiger partial charge in [0.15, 0.2) is 0 Å². The maximum absolute atomic E-state index is 9.16. The lowest BCUT2D eigenvalue weighted by atomic mass is 10.1. The molecule has 1 aromatic rings. The van der Waals surface area contributed by atoms with Crippen LogP contribution in [0, 0.1) is 0 Å². The third kappa shape index (κ3) is 1.21. The monoisotopic (exact) mass is 140 g/mol. The van der Waals surface area contributed by atoms with E-state index in [4.69, 9.17) is 9.52 Å². The standard InChI is InChI=1S/C8H12O2/c1-3-8-7(6(2)9)4-5-10-8/h4-6,9H,3H2,1-2H3. The summed E-state index contributed by atoms with van der Waals surface area (Å²) >= 11 is 0. The largest absolute Gasteiger partial charge is 0.469 e. The van der Waals surface area contributed by atoms with Crippen molar-refractivity contribution in [3.63, 3.8) is 0 Å². The second-order valence-electron chi connectivity index (χ2n) is 2.33. The molecule has 1 heterocycles. The normalized spacial score (nSPS) is 13.5. The first-order valence-corrected chi connectivity index (χ1v) is 3.50. The molecule has 0 aliphatic heterocycles. The second kappa shape index (κ2) is 2.88. The smallest absolute Gasteiger partial charge is 0.109 e. The lowest BCUT2D eigenvalue weighted by Crippen LogP contribution is -1.92. The van der Waals surface area contributed by atoms with Crippen molar-refractivity contribution >= 4 is 0 Å². The zero-order chi connectivity index (χ0) is 7.56. The number of furan rings is 1. The molecule has 10 heavy (non-hydrogen) atoms. The van der Waals surface area contributed by atoms with Crippen molar-refractivity contribution in [2.45, 2.75) is 26.4 Å². The fourth-order valence-corrected chi connectivity index (χ4v) is 1.01. The molecule has 0 bridgehead atoms. The number of hydrogen-bond acceptors (Lipinski definition) is 2. The molecule has 0 spiro atoms. The van der Waals surface area contributed by atoms with Gasteiger partial charge < -0.3 is 9.52 Å². The Morgan fingerprint density at radius 2 is 2.40 bits per heavy atom. The van der Waals surface area contributed by atoms with Crippen LogP contribution in [0.5, 0.6) is 0 Å². The van der Waals surface area contributed by atoms with Crippen molar-refractivity contribution in [2.24, 2.45) is 0 Å². The van der Waals surface area contributed by atoms with Gasteiger partial charge in [-0.15, -0.1) is 0 Å². The zero-order valence-electron chi connectivity index (χ0n) is 6.29. The van der Waals surface area contributed by atoms with Crippen molar-refractivity contribution in [2.75, 3.05) is 0 Å². The van der Waals surface area contributed by atoms with E-state index < -0.39 is 6.10 Å². The summed E-state index contributed by atoms with van der Waals surface area (Å²) in [6.07, 6.45) is 2.04. The Balaban J connectivity index is 2.90. The van der Waals surface area contributed by atoms with Crippen molar-refractivity contribution < 1.29 is 9.52 Å². The van der Waals surface area contributed by atoms with Crippen LogP contribution in [0.25, 0.3) is 0 Å².